The van der Waals surface area contributed by atoms with Crippen LogP contribution in [0.2, 0.25) is 0 Å². The highest BCUT2D eigenvalue weighted by Gasteiger charge is 2.17. The topological polar surface area (TPSA) is 36.3 Å². The summed E-state index contributed by atoms with van der Waals surface area (Å²) in [6.45, 7) is 7.03. The van der Waals surface area contributed by atoms with Gasteiger partial charge < -0.3 is 9.64 Å². The molecule has 1 aromatic carbocycles. The summed E-state index contributed by atoms with van der Waals surface area (Å²) in [7, 11) is 3.70. The minimum Gasteiger partial charge on any atom is -0.495 e. The number of hydrogen-bond acceptors (Lipinski definition) is 3. The van der Waals surface area contributed by atoms with Gasteiger partial charge in [-0.05, 0) is 30.0 Å². The first-order valence-corrected chi connectivity index (χ1v) is 6.81. The second-order valence-electron chi connectivity index (χ2n) is 5.22. The van der Waals surface area contributed by atoms with Gasteiger partial charge >= 0.3 is 0 Å². The number of anilines is 1. The first-order chi connectivity index (χ1) is 9.03. The average molecular weight is 260 g/mol. The lowest BCUT2D eigenvalue weighted by Gasteiger charge is -2.26. The standard InChI is InChI=1S/C16H24N2O/c1-6-13-7-8-16(19-5)15(9-13)18(4)11-14(10-17)12(2)3/h7-9,12,14H,6,11H2,1-5H3. The summed E-state index contributed by atoms with van der Waals surface area (Å²) >= 11 is 0. The summed E-state index contributed by atoms with van der Waals surface area (Å²) in [6, 6.07) is 8.62. The molecule has 0 radical (unpaired) electrons. The lowest BCUT2D eigenvalue weighted by Crippen LogP contribution is -2.27. The molecule has 3 heteroatoms. The number of nitrogens with zero attached hydrogens (tertiary/aromatic N) is 2. The Morgan fingerprint density at radius 3 is 2.53 bits per heavy atom. The Hall–Kier alpha value is -1.69. The number of nitriles is 1. The maximum atomic E-state index is 9.21. The van der Waals surface area contributed by atoms with E-state index in [1.54, 1.807) is 7.11 Å². The van der Waals surface area contributed by atoms with Crippen LogP contribution >= 0.6 is 0 Å². The van der Waals surface area contributed by atoms with Gasteiger partial charge in [0.05, 0.1) is 24.8 Å². The number of rotatable bonds is 6. The molecule has 0 spiro atoms. The zero-order chi connectivity index (χ0) is 14.4. The van der Waals surface area contributed by atoms with Crippen LogP contribution in [0.25, 0.3) is 0 Å². The molecule has 0 saturated heterocycles. The van der Waals surface area contributed by atoms with Crippen molar-refractivity contribution in [3.63, 3.8) is 0 Å². The summed E-state index contributed by atoms with van der Waals surface area (Å²) in [5, 5.41) is 9.21. The van der Waals surface area contributed by atoms with E-state index in [-0.39, 0.29) is 5.92 Å². The normalized spacial score (nSPS) is 12.1. The summed E-state index contributed by atoms with van der Waals surface area (Å²) < 4.78 is 5.42. The predicted molar refractivity (Wildman–Crippen MR) is 79.6 cm³/mol. The van der Waals surface area contributed by atoms with Gasteiger partial charge in [0.15, 0.2) is 0 Å². The molecule has 104 valence electrons. The SMILES string of the molecule is CCc1ccc(OC)c(N(C)CC(C#N)C(C)C)c1. The molecule has 19 heavy (non-hydrogen) atoms. The fourth-order valence-electron chi connectivity index (χ4n) is 2.05. The fraction of sp³-hybridized carbons (Fsp3) is 0.562. The fourth-order valence-corrected chi connectivity index (χ4v) is 2.05. The first kappa shape index (κ1) is 15.4. The largest absolute Gasteiger partial charge is 0.495 e. The van der Waals surface area contributed by atoms with Crippen molar-refractivity contribution < 1.29 is 4.74 Å². The first-order valence-electron chi connectivity index (χ1n) is 6.81. The molecule has 0 N–H and O–H groups in total. The predicted octanol–water partition coefficient (Wildman–Crippen LogP) is 3.49. The van der Waals surface area contributed by atoms with Crippen LogP contribution < -0.4 is 9.64 Å². The number of hydrogen-bond donors (Lipinski definition) is 0. The molecule has 1 rings (SSSR count). The van der Waals surface area contributed by atoms with E-state index < -0.39 is 0 Å². The van der Waals surface area contributed by atoms with Crippen LogP contribution in [-0.4, -0.2) is 20.7 Å². The van der Waals surface area contributed by atoms with Crippen LogP contribution in [0.4, 0.5) is 5.69 Å². The van der Waals surface area contributed by atoms with Gasteiger partial charge in [0.2, 0.25) is 0 Å². The monoisotopic (exact) mass is 260 g/mol. The maximum absolute atomic E-state index is 9.21. The van der Waals surface area contributed by atoms with Crippen molar-refractivity contribution in [2.45, 2.75) is 27.2 Å². The van der Waals surface area contributed by atoms with E-state index in [2.05, 4.69) is 43.9 Å². The molecule has 0 aliphatic carbocycles. The molecule has 1 unspecified atom stereocenters. The molecule has 0 heterocycles. The van der Waals surface area contributed by atoms with E-state index in [0.717, 1.165) is 24.4 Å². The van der Waals surface area contributed by atoms with Crippen LogP contribution in [0.1, 0.15) is 26.3 Å². The van der Waals surface area contributed by atoms with Crippen molar-refractivity contribution >= 4 is 5.69 Å². The van der Waals surface area contributed by atoms with E-state index in [1.807, 2.05) is 13.1 Å². The van der Waals surface area contributed by atoms with E-state index in [9.17, 15) is 5.26 Å². The van der Waals surface area contributed by atoms with Crippen molar-refractivity contribution in [2.24, 2.45) is 11.8 Å². The van der Waals surface area contributed by atoms with Gasteiger partial charge in [0.1, 0.15) is 5.75 Å². The van der Waals surface area contributed by atoms with Gasteiger partial charge in [-0.25, -0.2) is 0 Å². The highest BCUT2D eigenvalue weighted by molar-refractivity contribution is 5.59. The minimum absolute atomic E-state index is 0.0278. The molecule has 0 aromatic heterocycles. The highest BCUT2D eigenvalue weighted by Crippen LogP contribution is 2.29. The summed E-state index contributed by atoms with van der Waals surface area (Å²) in [5.41, 5.74) is 2.34. The maximum Gasteiger partial charge on any atom is 0.142 e. The third kappa shape index (κ3) is 3.89. The molecule has 1 aromatic rings. The smallest absolute Gasteiger partial charge is 0.142 e. The summed E-state index contributed by atoms with van der Waals surface area (Å²) in [4.78, 5) is 2.12. The third-order valence-electron chi connectivity index (χ3n) is 3.50. The number of aryl methyl sites for hydroxylation is 1. The number of benzene rings is 1. The van der Waals surface area contributed by atoms with E-state index in [4.69, 9.17) is 4.74 Å². The Morgan fingerprint density at radius 1 is 1.37 bits per heavy atom. The quantitative estimate of drug-likeness (QED) is 0.785. The van der Waals surface area contributed by atoms with Crippen LogP contribution in [0.15, 0.2) is 18.2 Å². The van der Waals surface area contributed by atoms with Crippen molar-refractivity contribution in [3.8, 4) is 11.8 Å². The van der Waals surface area contributed by atoms with Gasteiger partial charge in [-0.3, -0.25) is 0 Å². The van der Waals surface area contributed by atoms with Crippen molar-refractivity contribution in [1.29, 1.82) is 5.26 Å². The van der Waals surface area contributed by atoms with Crippen molar-refractivity contribution in [1.82, 2.24) is 0 Å². The Balaban J connectivity index is 2.97. The lowest BCUT2D eigenvalue weighted by atomic mass is 9.97. The van der Waals surface area contributed by atoms with Crippen LogP contribution in [-0.2, 0) is 6.42 Å². The molecule has 3 nitrogen and oxygen atoms in total. The Morgan fingerprint density at radius 2 is 2.05 bits per heavy atom. The Kier molecular flexibility index (Phi) is 5.69. The Labute approximate surface area is 116 Å². The average Bonchev–Trinajstić information content (AvgIpc) is 2.43. The number of methoxy groups -OCH3 is 1. The molecule has 0 aliphatic heterocycles. The zero-order valence-electron chi connectivity index (χ0n) is 12.6. The van der Waals surface area contributed by atoms with E-state index in [0.29, 0.717) is 5.92 Å². The third-order valence-corrected chi connectivity index (χ3v) is 3.50. The van der Waals surface area contributed by atoms with Crippen LogP contribution in [0.3, 0.4) is 0 Å². The van der Waals surface area contributed by atoms with E-state index >= 15 is 0 Å². The van der Waals surface area contributed by atoms with Gasteiger partial charge in [-0.15, -0.1) is 0 Å². The Bertz CT molecular complexity index is 449. The second kappa shape index (κ2) is 7.04. The van der Waals surface area contributed by atoms with Gasteiger partial charge in [-0.1, -0.05) is 26.8 Å². The van der Waals surface area contributed by atoms with E-state index in [1.165, 1.54) is 5.56 Å². The van der Waals surface area contributed by atoms with Gasteiger partial charge in [-0.2, -0.15) is 5.26 Å². The summed E-state index contributed by atoms with van der Waals surface area (Å²) in [5.74, 6) is 1.24. The minimum atomic E-state index is 0.0278. The second-order valence-corrected chi connectivity index (χ2v) is 5.22. The highest BCUT2D eigenvalue weighted by atomic mass is 16.5. The summed E-state index contributed by atoms with van der Waals surface area (Å²) in [6.07, 6.45) is 0.997. The van der Waals surface area contributed by atoms with Gasteiger partial charge in [0, 0.05) is 13.6 Å². The molecule has 0 saturated carbocycles. The molecular formula is C16H24N2O. The molecule has 0 fully saturated rings. The lowest BCUT2D eigenvalue weighted by molar-refractivity contribution is 0.412. The van der Waals surface area contributed by atoms with Gasteiger partial charge in [0.25, 0.3) is 0 Å². The molecule has 0 bridgehead atoms. The van der Waals surface area contributed by atoms with Crippen LogP contribution in [0.5, 0.6) is 5.75 Å². The number of ether oxygens (including phenoxy) is 1. The molecule has 0 amide bonds. The van der Waals surface area contributed by atoms with Crippen molar-refractivity contribution in [3.05, 3.63) is 23.8 Å². The zero-order valence-corrected chi connectivity index (χ0v) is 12.6. The molecule has 0 aliphatic rings. The molecule has 1 atom stereocenters. The van der Waals surface area contributed by atoms with Crippen molar-refractivity contribution in [2.75, 3.05) is 25.6 Å². The van der Waals surface area contributed by atoms with Crippen LogP contribution in [0, 0.1) is 23.2 Å². The molecular weight excluding hydrogens is 236 g/mol.